The summed E-state index contributed by atoms with van der Waals surface area (Å²) in [5, 5.41) is 8.25. The van der Waals surface area contributed by atoms with Gasteiger partial charge in [0, 0.05) is 6.20 Å². The molecule has 2 rings (SSSR count). The predicted octanol–water partition coefficient (Wildman–Crippen LogP) is 1.89. The first-order valence-corrected chi connectivity index (χ1v) is 4.66. The van der Waals surface area contributed by atoms with Crippen LogP contribution in [0.2, 0.25) is 0 Å². The van der Waals surface area contributed by atoms with Gasteiger partial charge in [-0.1, -0.05) is 5.21 Å². The number of fused-ring (bicyclic) bond motifs is 1. The van der Waals surface area contributed by atoms with E-state index in [0.29, 0.717) is 0 Å². The second-order valence-corrected chi connectivity index (χ2v) is 4.50. The number of aryl methyl sites for hydroxylation is 1. The molecule has 0 amide bonds. The van der Waals surface area contributed by atoms with Crippen LogP contribution in [0.25, 0.3) is 11.0 Å². The summed E-state index contributed by atoms with van der Waals surface area (Å²) in [6.07, 6.45) is 3.59. The largest absolute Gasteiger partial charge is 0.262 e. The summed E-state index contributed by atoms with van der Waals surface area (Å²) >= 11 is 0. The third-order valence-electron chi connectivity index (χ3n) is 2.17. The Kier molecular flexibility index (Phi) is 1.80. The molecule has 14 heavy (non-hydrogen) atoms. The standard InChI is InChI=1S/C10H14N4/c1-7-5-11-6-8-9(7)14(13-12-8)10(2,3)4/h5-6H,1-4H3. The molecule has 2 aromatic heterocycles. The number of hydrogen-bond donors (Lipinski definition) is 0. The monoisotopic (exact) mass is 190 g/mol. The first-order chi connectivity index (χ1) is 6.50. The van der Waals surface area contributed by atoms with Crippen molar-refractivity contribution in [3.05, 3.63) is 18.0 Å². The van der Waals surface area contributed by atoms with Crippen LogP contribution in [0.4, 0.5) is 0 Å². The van der Waals surface area contributed by atoms with E-state index in [1.54, 1.807) is 6.20 Å². The zero-order valence-corrected chi connectivity index (χ0v) is 8.94. The van der Waals surface area contributed by atoms with E-state index in [1.165, 1.54) is 0 Å². The zero-order chi connectivity index (χ0) is 10.3. The highest BCUT2D eigenvalue weighted by molar-refractivity contribution is 5.76. The average molecular weight is 190 g/mol. The van der Waals surface area contributed by atoms with Gasteiger partial charge in [0.15, 0.2) is 0 Å². The quantitative estimate of drug-likeness (QED) is 0.637. The minimum atomic E-state index is -0.0408. The van der Waals surface area contributed by atoms with Crippen LogP contribution in [0.15, 0.2) is 12.4 Å². The van der Waals surface area contributed by atoms with Gasteiger partial charge in [0.25, 0.3) is 0 Å². The van der Waals surface area contributed by atoms with Gasteiger partial charge in [-0.25, -0.2) is 4.68 Å². The topological polar surface area (TPSA) is 43.6 Å². The third-order valence-corrected chi connectivity index (χ3v) is 2.17. The molecule has 0 atom stereocenters. The van der Waals surface area contributed by atoms with Crippen molar-refractivity contribution in [1.82, 2.24) is 20.0 Å². The van der Waals surface area contributed by atoms with E-state index < -0.39 is 0 Å². The van der Waals surface area contributed by atoms with E-state index in [2.05, 4.69) is 36.1 Å². The first kappa shape index (κ1) is 9.12. The van der Waals surface area contributed by atoms with Crippen molar-refractivity contribution < 1.29 is 0 Å². The Morgan fingerprint density at radius 3 is 2.57 bits per heavy atom. The van der Waals surface area contributed by atoms with Crippen LogP contribution in [0.3, 0.4) is 0 Å². The molecular weight excluding hydrogens is 176 g/mol. The van der Waals surface area contributed by atoms with Gasteiger partial charge in [-0.2, -0.15) is 0 Å². The van der Waals surface area contributed by atoms with Crippen LogP contribution in [-0.2, 0) is 5.54 Å². The molecule has 74 valence electrons. The van der Waals surface area contributed by atoms with Crippen LogP contribution in [0, 0.1) is 6.92 Å². The van der Waals surface area contributed by atoms with Gasteiger partial charge in [0.1, 0.15) is 5.52 Å². The summed E-state index contributed by atoms with van der Waals surface area (Å²) in [7, 11) is 0. The summed E-state index contributed by atoms with van der Waals surface area (Å²) in [5.74, 6) is 0. The Balaban J connectivity index is 2.80. The number of pyridine rings is 1. The molecule has 0 aliphatic carbocycles. The van der Waals surface area contributed by atoms with Crippen molar-refractivity contribution >= 4 is 11.0 Å². The normalized spacial score (nSPS) is 12.3. The van der Waals surface area contributed by atoms with Crippen LogP contribution in [0.1, 0.15) is 26.3 Å². The van der Waals surface area contributed by atoms with E-state index in [1.807, 2.05) is 17.8 Å². The Hall–Kier alpha value is -1.45. The molecule has 0 aliphatic heterocycles. The molecule has 0 saturated heterocycles. The molecule has 0 bridgehead atoms. The van der Waals surface area contributed by atoms with Crippen LogP contribution < -0.4 is 0 Å². The molecule has 0 unspecified atom stereocenters. The predicted molar refractivity (Wildman–Crippen MR) is 55.1 cm³/mol. The molecule has 4 nitrogen and oxygen atoms in total. The van der Waals surface area contributed by atoms with Gasteiger partial charge in [-0.05, 0) is 33.3 Å². The summed E-state index contributed by atoms with van der Waals surface area (Å²) in [5.41, 5.74) is 3.01. The fourth-order valence-electron chi connectivity index (χ4n) is 1.50. The Morgan fingerprint density at radius 1 is 1.21 bits per heavy atom. The number of rotatable bonds is 0. The molecule has 4 heteroatoms. The molecule has 0 radical (unpaired) electrons. The molecule has 0 aromatic carbocycles. The van der Waals surface area contributed by atoms with Crippen molar-refractivity contribution in [2.45, 2.75) is 33.2 Å². The third kappa shape index (κ3) is 1.27. The van der Waals surface area contributed by atoms with E-state index in [9.17, 15) is 0 Å². The molecule has 2 heterocycles. The highest BCUT2D eigenvalue weighted by Gasteiger charge is 2.18. The van der Waals surface area contributed by atoms with E-state index in [0.717, 1.165) is 16.6 Å². The molecule has 0 aliphatic rings. The van der Waals surface area contributed by atoms with Crippen molar-refractivity contribution in [1.29, 1.82) is 0 Å². The highest BCUT2D eigenvalue weighted by Crippen LogP contribution is 2.21. The number of aromatic nitrogens is 4. The summed E-state index contributed by atoms with van der Waals surface area (Å²) in [6.45, 7) is 8.36. The molecule has 0 N–H and O–H groups in total. The fraction of sp³-hybridized carbons (Fsp3) is 0.500. The van der Waals surface area contributed by atoms with Crippen molar-refractivity contribution in [2.24, 2.45) is 0 Å². The summed E-state index contributed by atoms with van der Waals surface area (Å²) in [6, 6.07) is 0. The van der Waals surface area contributed by atoms with Crippen LogP contribution >= 0.6 is 0 Å². The minimum Gasteiger partial charge on any atom is -0.262 e. The van der Waals surface area contributed by atoms with Gasteiger partial charge in [-0.3, -0.25) is 4.98 Å². The van der Waals surface area contributed by atoms with Gasteiger partial charge in [0.05, 0.1) is 17.3 Å². The van der Waals surface area contributed by atoms with Gasteiger partial charge in [-0.15, -0.1) is 5.10 Å². The SMILES string of the molecule is Cc1cncc2nnn(C(C)(C)C)c12. The molecular formula is C10H14N4. The van der Waals surface area contributed by atoms with E-state index >= 15 is 0 Å². The van der Waals surface area contributed by atoms with Crippen LogP contribution in [0.5, 0.6) is 0 Å². The Morgan fingerprint density at radius 2 is 1.93 bits per heavy atom. The maximum Gasteiger partial charge on any atom is 0.131 e. The maximum absolute atomic E-state index is 4.15. The zero-order valence-electron chi connectivity index (χ0n) is 8.94. The average Bonchev–Trinajstić information content (AvgIpc) is 2.47. The van der Waals surface area contributed by atoms with Gasteiger partial charge >= 0.3 is 0 Å². The smallest absolute Gasteiger partial charge is 0.131 e. The molecule has 0 saturated carbocycles. The van der Waals surface area contributed by atoms with E-state index in [4.69, 9.17) is 0 Å². The second kappa shape index (κ2) is 2.77. The molecule has 0 spiro atoms. The second-order valence-electron chi connectivity index (χ2n) is 4.50. The van der Waals surface area contributed by atoms with E-state index in [-0.39, 0.29) is 5.54 Å². The lowest BCUT2D eigenvalue weighted by Gasteiger charge is -2.19. The fourth-order valence-corrected chi connectivity index (χ4v) is 1.50. The van der Waals surface area contributed by atoms with Gasteiger partial charge < -0.3 is 0 Å². The Labute approximate surface area is 83.0 Å². The maximum atomic E-state index is 4.15. The number of hydrogen-bond acceptors (Lipinski definition) is 3. The molecule has 0 fully saturated rings. The van der Waals surface area contributed by atoms with Crippen molar-refractivity contribution in [3.8, 4) is 0 Å². The minimum absolute atomic E-state index is 0.0408. The first-order valence-electron chi connectivity index (χ1n) is 4.66. The summed E-state index contributed by atoms with van der Waals surface area (Å²) < 4.78 is 1.94. The van der Waals surface area contributed by atoms with Gasteiger partial charge in [0.2, 0.25) is 0 Å². The lowest BCUT2D eigenvalue weighted by Crippen LogP contribution is -2.23. The summed E-state index contributed by atoms with van der Waals surface area (Å²) in [4.78, 5) is 4.09. The molecule has 2 aromatic rings. The van der Waals surface area contributed by atoms with Crippen LogP contribution in [-0.4, -0.2) is 20.0 Å². The Bertz CT molecular complexity index is 464. The highest BCUT2D eigenvalue weighted by atomic mass is 15.4. The van der Waals surface area contributed by atoms with Crippen molar-refractivity contribution in [3.63, 3.8) is 0 Å². The lowest BCUT2D eigenvalue weighted by molar-refractivity contribution is 0.358. The van der Waals surface area contributed by atoms with Crippen molar-refractivity contribution in [2.75, 3.05) is 0 Å². The lowest BCUT2D eigenvalue weighted by atomic mass is 10.1. The number of nitrogens with zero attached hydrogens (tertiary/aromatic N) is 4.